The molecular formula is C19H26N4O. The Morgan fingerprint density at radius 3 is 2.88 bits per heavy atom. The number of aromatic nitrogens is 2. The molecule has 1 aromatic carbocycles. The van der Waals surface area contributed by atoms with Crippen molar-refractivity contribution in [3.8, 4) is 5.69 Å². The largest absolute Gasteiger partial charge is 0.351 e. The Morgan fingerprint density at radius 1 is 1.38 bits per heavy atom. The zero-order chi connectivity index (χ0) is 17.3. The number of carbonyl (C=O) groups is 1. The topological polar surface area (TPSA) is 72.9 Å². The zero-order valence-electron chi connectivity index (χ0n) is 14.7. The average Bonchev–Trinajstić information content (AvgIpc) is 3.09. The maximum Gasteiger partial charge on any atom is 0.272 e. The van der Waals surface area contributed by atoms with Crippen LogP contribution in [0.5, 0.6) is 0 Å². The van der Waals surface area contributed by atoms with E-state index in [2.05, 4.69) is 42.5 Å². The summed E-state index contributed by atoms with van der Waals surface area (Å²) in [5.41, 5.74) is 12.1. The molecule has 24 heavy (non-hydrogen) atoms. The first-order valence-electron chi connectivity index (χ1n) is 8.69. The summed E-state index contributed by atoms with van der Waals surface area (Å²) in [7, 11) is 0. The summed E-state index contributed by atoms with van der Waals surface area (Å²) in [6.07, 6.45) is 3.75. The highest BCUT2D eigenvalue weighted by molar-refractivity contribution is 5.94. The van der Waals surface area contributed by atoms with Crippen molar-refractivity contribution in [3.05, 3.63) is 46.3 Å². The van der Waals surface area contributed by atoms with E-state index in [1.807, 2.05) is 11.6 Å². The van der Waals surface area contributed by atoms with Gasteiger partial charge in [-0.3, -0.25) is 4.79 Å². The normalized spacial score (nSPS) is 14.5. The first kappa shape index (κ1) is 16.7. The van der Waals surface area contributed by atoms with Gasteiger partial charge in [0.1, 0.15) is 0 Å². The van der Waals surface area contributed by atoms with Crippen LogP contribution < -0.4 is 11.1 Å². The molecule has 1 unspecified atom stereocenters. The molecule has 1 amide bonds. The molecule has 0 saturated carbocycles. The van der Waals surface area contributed by atoms with E-state index in [-0.39, 0.29) is 11.9 Å². The summed E-state index contributed by atoms with van der Waals surface area (Å²) in [5.74, 6) is -0.0858. The van der Waals surface area contributed by atoms with Crippen molar-refractivity contribution < 1.29 is 4.79 Å². The standard InChI is InChI=1S/C19H26N4O/c1-12-7-8-16(13(2)11-12)23-17-6-4-5-15(17)18(22-23)19(24)21-10-9-14(3)20/h7-8,11,14H,4-6,9-10,20H2,1-3H3,(H,21,24). The van der Waals surface area contributed by atoms with Gasteiger partial charge in [-0.1, -0.05) is 17.7 Å². The molecule has 0 aliphatic heterocycles. The maximum absolute atomic E-state index is 12.5. The summed E-state index contributed by atoms with van der Waals surface area (Å²) in [6.45, 7) is 6.70. The van der Waals surface area contributed by atoms with Crippen molar-refractivity contribution in [1.82, 2.24) is 15.1 Å². The number of aryl methyl sites for hydroxylation is 2. The minimum atomic E-state index is -0.0858. The molecule has 5 nitrogen and oxygen atoms in total. The third-order valence-electron chi connectivity index (χ3n) is 4.61. The van der Waals surface area contributed by atoms with Crippen LogP contribution in [-0.4, -0.2) is 28.3 Å². The Labute approximate surface area is 143 Å². The van der Waals surface area contributed by atoms with Crippen LogP contribution in [-0.2, 0) is 12.8 Å². The zero-order valence-corrected chi connectivity index (χ0v) is 14.7. The lowest BCUT2D eigenvalue weighted by atomic mass is 10.1. The lowest BCUT2D eigenvalue weighted by molar-refractivity contribution is 0.0946. The summed E-state index contributed by atoms with van der Waals surface area (Å²) < 4.78 is 1.97. The Balaban J connectivity index is 1.91. The van der Waals surface area contributed by atoms with Crippen LogP contribution in [0.3, 0.4) is 0 Å². The number of nitrogens with zero attached hydrogens (tertiary/aromatic N) is 2. The van der Waals surface area contributed by atoms with Gasteiger partial charge in [-0.05, 0) is 58.1 Å². The van der Waals surface area contributed by atoms with E-state index in [0.717, 1.165) is 36.9 Å². The molecule has 5 heteroatoms. The van der Waals surface area contributed by atoms with Gasteiger partial charge in [-0.15, -0.1) is 0 Å². The van der Waals surface area contributed by atoms with E-state index < -0.39 is 0 Å². The summed E-state index contributed by atoms with van der Waals surface area (Å²) >= 11 is 0. The Morgan fingerprint density at radius 2 is 2.17 bits per heavy atom. The van der Waals surface area contributed by atoms with Crippen molar-refractivity contribution in [3.63, 3.8) is 0 Å². The molecule has 1 heterocycles. The first-order valence-corrected chi connectivity index (χ1v) is 8.69. The van der Waals surface area contributed by atoms with E-state index in [4.69, 9.17) is 5.73 Å². The van der Waals surface area contributed by atoms with Crippen molar-refractivity contribution >= 4 is 5.91 Å². The second-order valence-electron chi connectivity index (χ2n) is 6.85. The summed E-state index contributed by atoms with van der Waals surface area (Å²) in [4.78, 5) is 12.5. The van der Waals surface area contributed by atoms with Crippen LogP contribution in [0.25, 0.3) is 5.69 Å². The van der Waals surface area contributed by atoms with E-state index >= 15 is 0 Å². The molecule has 0 saturated heterocycles. The van der Waals surface area contributed by atoms with Gasteiger partial charge in [0.15, 0.2) is 5.69 Å². The summed E-state index contributed by atoms with van der Waals surface area (Å²) in [6, 6.07) is 6.42. The fourth-order valence-corrected chi connectivity index (χ4v) is 3.36. The van der Waals surface area contributed by atoms with Crippen molar-refractivity contribution in [2.75, 3.05) is 6.54 Å². The van der Waals surface area contributed by atoms with Crippen LogP contribution in [0, 0.1) is 13.8 Å². The number of hydrogen-bond acceptors (Lipinski definition) is 3. The molecule has 3 rings (SSSR count). The lowest BCUT2D eigenvalue weighted by Gasteiger charge is -2.10. The highest BCUT2D eigenvalue weighted by Crippen LogP contribution is 2.29. The highest BCUT2D eigenvalue weighted by atomic mass is 16.1. The van der Waals surface area contributed by atoms with Gasteiger partial charge in [0.05, 0.1) is 5.69 Å². The molecule has 1 atom stereocenters. The van der Waals surface area contributed by atoms with E-state index in [0.29, 0.717) is 12.2 Å². The molecule has 128 valence electrons. The third kappa shape index (κ3) is 3.22. The Bertz CT molecular complexity index is 761. The minimum absolute atomic E-state index is 0.0858. The first-order chi connectivity index (χ1) is 11.5. The van der Waals surface area contributed by atoms with Gasteiger partial charge in [0, 0.05) is 23.8 Å². The number of nitrogens with one attached hydrogen (secondary N) is 1. The van der Waals surface area contributed by atoms with Crippen molar-refractivity contribution in [2.24, 2.45) is 5.73 Å². The monoisotopic (exact) mass is 326 g/mol. The van der Waals surface area contributed by atoms with Crippen LogP contribution in [0.1, 0.15) is 52.6 Å². The fourth-order valence-electron chi connectivity index (χ4n) is 3.36. The predicted octanol–water partition coefficient (Wildman–Crippen LogP) is 2.44. The fraction of sp³-hybridized carbons (Fsp3) is 0.474. The molecule has 3 N–H and O–H groups in total. The molecule has 0 fully saturated rings. The number of carbonyl (C=O) groups excluding carboxylic acids is 1. The molecule has 1 aliphatic rings. The average molecular weight is 326 g/mol. The predicted molar refractivity (Wildman–Crippen MR) is 95.7 cm³/mol. The Kier molecular flexibility index (Phi) is 4.71. The van der Waals surface area contributed by atoms with Gasteiger partial charge in [0.25, 0.3) is 5.91 Å². The maximum atomic E-state index is 12.5. The van der Waals surface area contributed by atoms with Crippen molar-refractivity contribution in [1.29, 1.82) is 0 Å². The van der Waals surface area contributed by atoms with E-state index in [9.17, 15) is 4.79 Å². The number of rotatable bonds is 5. The third-order valence-corrected chi connectivity index (χ3v) is 4.61. The number of nitrogens with two attached hydrogens (primary N) is 1. The molecule has 0 bridgehead atoms. The van der Waals surface area contributed by atoms with E-state index in [1.165, 1.54) is 16.8 Å². The number of hydrogen-bond donors (Lipinski definition) is 2. The second kappa shape index (κ2) is 6.77. The van der Waals surface area contributed by atoms with E-state index in [1.54, 1.807) is 0 Å². The van der Waals surface area contributed by atoms with Gasteiger partial charge in [-0.25, -0.2) is 4.68 Å². The molecule has 0 radical (unpaired) electrons. The quantitative estimate of drug-likeness (QED) is 0.886. The van der Waals surface area contributed by atoms with Gasteiger partial charge < -0.3 is 11.1 Å². The molecule has 0 spiro atoms. The van der Waals surface area contributed by atoms with Gasteiger partial charge in [-0.2, -0.15) is 5.10 Å². The van der Waals surface area contributed by atoms with Crippen LogP contribution in [0.4, 0.5) is 0 Å². The van der Waals surface area contributed by atoms with Gasteiger partial charge >= 0.3 is 0 Å². The summed E-state index contributed by atoms with van der Waals surface area (Å²) in [5, 5.41) is 7.62. The second-order valence-corrected chi connectivity index (χ2v) is 6.85. The number of benzene rings is 1. The van der Waals surface area contributed by atoms with Crippen LogP contribution >= 0.6 is 0 Å². The molecule has 1 aliphatic carbocycles. The SMILES string of the molecule is Cc1ccc(-n2nc(C(=O)NCCC(C)N)c3c2CCC3)c(C)c1. The van der Waals surface area contributed by atoms with Crippen LogP contribution in [0.2, 0.25) is 0 Å². The number of fused-ring (bicyclic) bond motifs is 1. The highest BCUT2D eigenvalue weighted by Gasteiger charge is 2.27. The Hall–Kier alpha value is -2.14. The number of amides is 1. The molecular weight excluding hydrogens is 300 g/mol. The van der Waals surface area contributed by atoms with Crippen molar-refractivity contribution in [2.45, 2.75) is 52.5 Å². The van der Waals surface area contributed by atoms with Gasteiger partial charge in [0.2, 0.25) is 0 Å². The lowest BCUT2D eigenvalue weighted by Crippen LogP contribution is -2.29. The molecule has 2 aromatic rings. The minimum Gasteiger partial charge on any atom is -0.351 e. The smallest absolute Gasteiger partial charge is 0.272 e. The molecule has 1 aromatic heterocycles. The van der Waals surface area contributed by atoms with Crippen LogP contribution in [0.15, 0.2) is 18.2 Å².